The maximum Gasteiger partial charge on any atom is 0.237 e. The summed E-state index contributed by atoms with van der Waals surface area (Å²) in [7, 11) is 0. The number of nitrogens with zero attached hydrogens (tertiary/aromatic N) is 3. The molecular weight excluding hydrogens is 375 g/mol. The van der Waals surface area contributed by atoms with Crippen molar-refractivity contribution in [1.29, 1.82) is 0 Å². The molecule has 2 fully saturated rings. The van der Waals surface area contributed by atoms with Gasteiger partial charge in [0.25, 0.3) is 0 Å². The average molecular weight is 407 g/mol. The molecule has 2 aliphatic heterocycles. The SMILES string of the molecule is CC(C(=O)NCCc1ccc(F)cc1)N1CCN(CC(=O)N2CCOCC2)CC1. The lowest BCUT2D eigenvalue weighted by Crippen LogP contribution is -2.55. The summed E-state index contributed by atoms with van der Waals surface area (Å²) < 4.78 is 18.2. The van der Waals surface area contributed by atoms with Crippen molar-refractivity contribution in [3.05, 3.63) is 35.6 Å². The van der Waals surface area contributed by atoms with Gasteiger partial charge in [-0.15, -0.1) is 0 Å². The molecule has 160 valence electrons. The third-order valence-corrected chi connectivity index (χ3v) is 5.68. The van der Waals surface area contributed by atoms with E-state index >= 15 is 0 Å². The number of nitrogens with one attached hydrogen (secondary N) is 1. The van der Waals surface area contributed by atoms with Crippen molar-refractivity contribution in [2.75, 3.05) is 65.6 Å². The summed E-state index contributed by atoms with van der Waals surface area (Å²) in [6.07, 6.45) is 0.677. The van der Waals surface area contributed by atoms with Crippen molar-refractivity contribution in [2.45, 2.75) is 19.4 Å². The first-order valence-electron chi connectivity index (χ1n) is 10.4. The Morgan fingerprint density at radius 3 is 2.38 bits per heavy atom. The molecule has 0 spiro atoms. The van der Waals surface area contributed by atoms with E-state index in [0.717, 1.165) is 31.7 Å². The van der Waals surface area contributed by atoms with Gasteiger partial charge < -0.3 is 15.0 Å². The Hall–Kier alpha value is -2.03. The molecule has 2 amide bonds. The first-order chi connectivity index (χ1) is 14.0. The number of benzene rings is 1. The van der Waals surface area contributed by atoms with Crippen LogP contribution in [0.15, 0.2) is 24.3 Å². The summed E-state index contributed by atoms with van der Waals surface area (Å²) in [6.45, 7) is 8.57. The maximum absolute atomic E-state index is 12.9. The molecule has 1 aromatic carbocycles. The van der Waals surface area contributed by atoms with Gasteiger partial charge in [0.2, 0.25) is 11.8 Å². The average Bonchev–Trinajstić information content (AvgIpc) is 2.75. The second-order valence-electron chi connectivity index (χ2n) is 7.65. The summed E-state index contributed by atoms with van der Waals surface area (Å²) >= 11 is 0. The van der Waals surface area contributed by atoms with E-state index in [1.54, 1.807) is 12.1 Å². The number of piperazine rings is 1. The van der Waals surface area contributed by atoms with Gasteiger partial charge in [-0.25, -0.2) is 4.39 Å². The van der Waals surface area contributed by atoms with Crippen LogP contribution in [0, 0.1) is 5.82 Å². The summed E-state index contributed by atoms with van der Waals surface area (Å²) in [6, 6.07) is 6.14. The molecule has 2 heterocycles. The highest BCUT2D eigenvalue weighted by molar-refractivity contribution is 5.81. The maximum atomic E-state index is 12.9. The van der Waals surface area contributed by atoms with E-state index in [1.165, 1.54) is 12.1 Å². The number of morpholine rings is 1. The predicted octanol–water partition coefficient (Wildman–Crippen LogP) is 0.349. The number of halogens is 1. The molecule has 0 saturated carbocycles. The highest BCUT2D eigenvalue weighted by atomic mass is 19.1. The fourth-order valence-electron chi connectivity index (χ4n) is 3.71. The van der Waals surface area contributed by atoms with Crippen molar-refractivity contribution >= 4 is 11.8 Å². The molecule has 0 aliphatic carbocycles. The van der Waals surface area contributed by atoms with Crippen molar-refractivity contribution < 1.29 is 18.7 Å². The van der Waals surface area contributed by atoms with E-state index < -0.39 is 0 Å². The summed E-state index contributed by atoms with van der Waals surface area (Å²) in [5.74, 6) is -0.0875. The zero-order chi connectivity index (χ0) is 20.6. The standard InChI is InChI=1S/C21H31FN4O3/c1-17(21(28)23-7-6-18-2-4-19(22)5-3-18)25-10-8-24(9-11-25)16-20(27)26-12-14-29-15-13-26/h2-5,17H,6-16H2,1H3,(H,23,28). The van der Waals surface area contributed by atoms with Crippen LogP contribution in [0.5, 0.6) is 0 Å². The molecule has 0 aromatic heterocycles. The number of hydrogen-bond acceptors (Lipinski definition) is 5. The minimum absolute atomic E-state index is 0.00459. The van der Waals surface area contributed by atoms with Crippen LogP contribution in [-0.2, 0) is 20.7 Å². The lowest BCUT2D eigenvalue weighted by molar-refractivity contribution is -0.137. The predicted molar refractivity (Wildman–Crippen MR) is 108 cm³/mol. The molecule has 7 nitrogen and oxygen atoms in total. The zero-order valence-corrected chi connectivity index (χ0v) is 17.1. The molecule has 8 heteroatoms. The quantitative estimate of drug-likeness (QED) is 0.708. The normalized spacial score (nSPS) is 19.7. The Morgan fingerprint density at radius 2 is 1.72 bits per heavy atom. The Balaban J connectivity index is 1.35. The van der Waals surface area contributed by atoms with Gasteiger partial charge in [-0.3, -0.25) is 19.4 Å². The van der Waals surface area contributed by atoms with Crippen LogP contribution < -0.4 is 5.32 Å². The van der Waals surface area contributed by atoms with Crippen LogP contribution in [-0.4, -0.2) is 98.1 Å². The number of amides is 2. The number of ether oxygens (including phenoxy) is 1. The molecule has 1 N–H and O–H groups in total. The van der Waals surface area contributed by atoms with Crippen LogP contribution in [0.2, 0.25) is 0 Å². The molecule has 2 aliphatic rings. The highest BCUT2D eigenvalue weighted by Crippen LogP contribution is 2.08. The molecular formula is C21H31FN4O3. The van der Waals surface area contributed by atoms with E-state index in [2.05, 4.69) is 15.1 Å². The Labute approximate surface area is 171 Å². The van der Waals surface area contributed by atoms with Crippen molar-refractivity contribution in [1.82, 2.24) is 20.0 Å². The van der Waals surface area contributed by atoms with Gasteiger partial charge in [-0.05, 0) is 31.0 Å². The molecule has 29 heavy (non-hydrogen) atoms. The van der Waals surface area contributed by atoms with Crippen LogP contribution in [0.25, 0.3) is 0 Å². The van der Waals surface area contributed by atoms with E-state index in [9.17, 15) is 14.0 Å². The van der Waals surface area contributed by atoms with Crippen molar-refractivity contribution in [3.8, 4) is 0 Å². The van der Waals surface area contributed by atoms with Gasteiger partial charge in [0.05, 0.1) is 25.8 Å². The minimum atomic E-state index is -0.253. The van der Waals surface area contributed by atoms with Crippen LogP contribution in [0.4, 0.5) is 4.39 Å². The first-order valence-corrected chi connectivity index (χ1v) is 10.4. The first kappa shape index (κ1) is 21.7. The summed E-state index contributed by atoms with van der Waals surface area (Å²) in [4.78, 5) is 31.0. The number of carbonyl (C=O) groups is 2. The molecule has 1 atom stereocenters. The fraction of sp³-hybridized carbons (Fsp3) is 0.619. The van der Waals surface area contributed by atoms with Gasteiger partial charge in [0.15, 0.2) is 0 Å². The monoisotopic (exact) mass is 406 g/mol. The highest BCUT2D eigenvalue weighted by Gasteiger charge is 2.27. The molecule has 1 unspecified atom stereocenters. The zero-order valence-electron chi connectivity index (χ0n) is 17.1. The van der Waals surface area contributed by atoms with E-state index in [0.29, 0.717) is 45.8 Å². The largest absolute Gasteiger partial charge is 0.378 e. The van der Waals surface area contributed by atoms with Gasteiger partial charge >= 0.3 is 0 Å². The van der Waals surface area contributed by atoms with Crippen LogP contribution in [0.3, 0.4) is 0 Å². The Morgan fingerprint density at radius 1 is 1.07 bits per heavy atom. The fourth-order valence-corrected chi connectivity index (χ4v) is 3.71. The Bertz CT molecular complexity index is 671. The summed E-state index contributed by atoms with van der Waals surface area (Å²) in [5.41, 5.74) is 0.998. The smallest absolute Gasteiger partial charge is 0.237 e. The minimum Gasteiger partial charge on any atom is -0.378 e. The van der Waals surface area contributed by atoms with Gasteiger partial charge in [-0.1, -0.05) is 12.1 Å². The van der Waals surface area contributed by atoms with Crippen LogP contribution in [0.1, 0.15) is 12.5 Å². The Kier molecular flexibility index (Phi) is 7.97. The van der Waals surface area contributed by atoms with E-state index in [-0.39, 0.29) is 23.7 Å². The van der Waals surface area contributed by atoms with Crippen LogP contribution >= 0.6 is 0 Å². The molecule has 3 rings (SSSR count). The third kappa shape index (κ3) is 6.48. The van der Waals surface area contributed by atoms with Crippen molar-refractivity contribution in [3.63, 3.8) is 0 Å². The molecule has 1 aromatic rings. The topological polar surface area (TPSA) is 65.1 Å². The summed E-state index contributed by atoms with van der Waals surface area (Å²) in [5, 5.41) is 2.97. The lowest BCUT2D eigenvalue weighted by atomic mass is 10.1. The molecule has 0 bridgehead atoms. The van der Waals surface area contributed by atoms with E-state index in [1.807, 2.05) is 11.8 Å². The third-order valence-electron chi connectivity index (χ3n) is 5.68. The second-order valence-corrected chi connectivity index (χ2v) is 7.65. The second kappa shape index (κ2) is 10.7. The van der Waals surface area contributed by atoms with Crippen molar-refractivity contribution in [2.24, 2.45) is 0 Å². The number of rotatable bonds is 7. The van der Waals surface area contributed by atoms with E-state index in [4.69, 9.17) is 4.74 Å². The van der Waals surface area contributed by atoms with Gasteiger partial charge in [-0.2, -0.15) is 0 Å². The number of hydrogen-bond donors (Lipinski definition) is 1. The molecule has 0 radical (unpaired) electrons. The van der Waals surface area contributed by atoms with Gasteiger partial charge in [0.1, 0.15) is 5.82 Å². The number of carbonyl (C=O) groups excluding carboxylic acids is 2. The molecule has 2 saturated heterocycles. The van der Waals surface area contributed by atoms with Gasteiger partial charge in [0, 0.05) is 45.8 Å². The lowest BCUT2D eigenvalue weighted by Gasteiger charge is -2.38.